The lowest BCUT2D eigenvalue weighted by Crippen LogP contribution is -2.37. The summed E-state index contributed by atoms with van der Waals surface area (Å²) in [5, 5.41) is -0.338. The molecule has 34 heavy (non-hydrogen) atoms. The molecule has 3 N–H and O–H groups in total. The van der Waals surface area contributed by atoms with Crippen molar-refractivity contribution in [1.29, 1.82) is 0 Å². The summed E-state index contributed by atoms with van der Waals surface area (Å²) in [5.74, 6) is 0.0647. The molecule has 0 bridgehead atoms. The molecule has 2 atom stereocenters. The van der Waals surface area contributed by atoms with Crippen LogP contribution in [0.2, 0.25) is 0 Å². The number of hydrogen-bond donors (Lipinski definition) is 2. The van der Waals surface area contributed by atoms with E-state index in [1.54, 1.807) is 30.3 Å². The quantitative estimate of drug-likeness (QED) is 0.542. The maximum atomic E-state index is 13.2. The summed E-state index contributed by atoms with van der Waals surface area (Å²) in [6, 6.07) is 13.0. The van der Waals surface area contributed by atoms with Crippen molar-refractivity contribution in [3.63, 3.8) is 0 Å². The third-order valence-corrected chi connectivity index (χ3v) is 6.99. The van der Waals surface area contributed by atoms with Gasteiger partial charge in [-0.25, -0.2) is 19.7 Å². The third kappa shape index (κ3) is 4.65. The first-order valence-corrected chi connectivity index (χ1v) is 12.3. The van der Waals surface area contributed by atoms with Crippen LogP contribution >= 0.6 is 0 Å². The predicted molar refractivity (Wildman–Crippen MR) is 128 cm³/mol. The lowest BCUT2D eigenvalue weighted by molar-refractivity contribution is 0.0981. The Kier molecular flexibility index (Phi) is 6.38. The molecule has 10 nitrogen and oxygen atoms in total. The lowest BCUT2D eigenvalue weighted by atomic mass is 10.1. The molecule has 11 heteroatoms. The van der Waals surface area contributed by atoms with E-state index in [9.17, 15) is 13.2 Å². The molecule has 1 amide bonds. The topological polar surface area (TPSA) is 140 Å². The Morgan fingerprint density at radius 3 is 2.35 bits per heavy atom. The van der Waals surface area contributed by atoms with Gasteiger partial charge in [0.15, 0.2) is 5.03 Å². The molecule has 178 valence electrons. The summed E-state index contributed by atoms with van der Waals surface area (Å²) >= 11 is 0. The molecule has 0 aromatic carbocycles. The molecule has 4 heterocycles. The van der Waals surface area contributed by atoms with Gasteiger partial charge in [-0.1, -0.05) is 12.1 Å². The van der Waals surface area contributed by atoms with Gasteiger partial charge in [0, 0.05) is 18.2 Å². The van der Waals surface area contributed by atoms with Crippen LogP contribution in [0.4, 0.5) is 11.6 Å². The molecule has 0 saturated carbocycles. The van der Waals surface area contributed by atoms with Gasteiger partial charge in [-0.15, -0.1) is 0 Å². The van der Waals surface area contributed by atoms with Crippen molar-refractivity contribution in [3.8, 4) is 17.3 Å². The molecule has 1 aliphatic rings. The van der Waals surface area contributed by atoms with Crippen molar-refractivity contribution in [3.05, 3.63) is 54.1 Å². The SMILES string of the molecule is COc1cccc(-c2ccc(C(=O)NS(=O)(=O)c3cccc(N)n3)c(N3[C@H](C)CC[C@@H]3C)n2)n1. The van der Waals surface area contributed by atoms with E-state index in [2.05, 4.69) is 28.5 Å². The van der Waals surface area contributed by atoms with Crippen molar-refractivity contribution in [2.75, 3.05) is 17.7 Å². The monoisotopic (exact) mass is 482 g/mol. The number of pyridine rings is 3. The number of methoxy groups -OCH3 is 1. The summed E-state index contributed by atoms with van der Waals surface area (Å²) in [7, 11) is -2.71. The highest BCUT2D eigenvalue weighted by molar-refractivity contribution is 7.90. The maximum Gasteiger partial charge on any atom is 0.281 e. The Hall–Kier alpha value is -3.73. The Bertz CT molecular complexity index is 1320. The number of sulfonamides is 1. The Morgan fingerprint density at radius 1 is 1.00 bits per heavy atom. The van der Waals surface area contributed by atoms with Crippen LogP contribution in [0.1, 0.15) is 37.0 Å². The van der Waals surface area contributed by atoms with Crippen molar-refractivity contribution in [2.45, 2.75) is 43.8 Å². The van der Waals surface area contributed by atoms with E-state index >= 15 is 0 Å². The highest BCUT2D eigenvalue weighted by Crippen LogP contribution is 2.33. The first kappa shape index (κ1) is 23.4. The zero-order valence-electron chi connectivity index (χ0n) is 19.1. The van der Waals surface area contributed by atoms with Gasteiger partial charge in [0.05, 0.1) is 24.1 Å². The first-order valence-electron chi connectivity index (χ1n) is 10.8. The van der Waals surface area contributed by atoms with Crippen LogP contribution in [-0.4, -0.2) is 48.5 Å². The fourth-order valence-corrected chi connectivity index (χ4v) is 5.00. The van der Waals surface area contributed by atoms with E-state index in [-0.39, 0.29) is 28.5 Å². The second-order valence-corrected chi connectivity index (χ2v) is 9.78. The maximum absolute atomic E-state index is 13.2. The fraction of sp³-hybridized carbons (Fsp3) is 0.304. The molecule has 1 aliphatic heterocycles. The van der Waals surface area contributed by atoms with Gasteiger partial charge in [-0.05, 0) is 57.0 Å². The zero-order chi connectivity index (χ0) is 24.5. The van der Waals surface area contributed by atoms with E-state index in [0.717, 1.165) is 12.8 Å². The molecular weight excluding hydrogens is 456 g/mol. The van der Waals surface area contributed by atoms with Crippen molar-refractivity contribution in [2.24, 2.45) is 0 Å². The molecule has 4 rings (SSSR count). The number of carbonyl (C=O) groups is 1. The Labute approximate surface area is 198 Å². The first-order chi connectivity index (χ1) is 16.2. The Balaban J connectivity index is 1.76. The van der Waals surface area contributed by atoms with E-state index in [1.807, 2.05) is 4.90 Å². The van der Waals surface area contributed by atoms with Crippen molar-refractivity contribution < 1.29 is 17.9 Å². The number of carbonyl (C=O) groups excluding carboxylic acids is 1. The van der Waals surface area contributed by atoms with Crippen LogP contribution in [0.15, 0.2) is 53.6 Å². The minimum Gasteiger partial charge on any atom is -0.481 e. The van der Waals surface area contributed by atoms with Gasteiger partial charge in [0.2, 0.25) is 5.88 Å². The summed E-state index contributed by atoms with van der Waals surface area (Å²) in [5.41, 5.74) is 6.86. The highest BCUT2D eigenvalue weighted by atomic mass is 32.2. The second-order valence-electron chi connectivity index (χ2n) is 8.15. The van der Waals surface area contributed by atoms with E-state index < -0.39 is 15.9 Å². The number of nitrogens with two attached hydrogens (primary N) is 1. The molecule has 1 saturated heterocycles. The normalized spacial score (nSPS) is 18.0. The number of anilines is 2. The molecule has 0 spiro atoms. The van der Waals surface area contributed by atoms with Crippen LogP contribution in [0.3, 0.4) is 0 Å². The van der Waals surface area contributed by atoms with E-state index in [1.165, 1.54) is 25.3 Å². The number of amides is 1. The number of ether oxygens (including phenoxy) is 1. The fourth-order valence-electron chi connectivity index (χ4n) is 4.06. The molecule has 3 aromatic heterocycles. The molecule has 3 aromatic rings. The number of aromatic nitrogens is 3. The number of rotatable bonds is 6. The van der Waals surface area contributed by atoms with Gasteiger partial charge >= 0.3 is 0 Å². The summed E-state index contributed by atoms with van der Waals surface area (Å²) < 4.78 is 32.9. The summed E-state index contributed by atoms with van der Waals surface area (Å²) in [6.45, 7) is 4.10. The Morgan fingerprint density at radius 2 is 1.68 bits per heavy atom. The van der Waals surface area contributed by atoms with Crippen LogP contribution in [-0.2, 0) is 10.0 Å². The van der Waals surface area contributed by atoms with Gasteiger partial charge in [0.1, 0.15) is 11.6 Å². The molecule has 1 fully saturated rings. The molecule has 0 radical (unpaired) electrons. The number of nitrogens with zero attached hydrogens (tertiary/aromatic N) is 4. The standard InChI is InChI=1S/C23H26N6O4S/c1-14-10-11-15(2)29(14)22-16(12-13-18(26-22)17-6-4-8-20(25-17)33-3)23(30)28-34(31,32)21-9-5-7-19(24)27-21/h4-9,12-15H,10-11H2,1-3H3,(H2,24,27)(H,28,30)/t14-,15+. The number of nitrogen functional groups attached to an aromatic ring is 1. The molecule has 0 aliphatic carbocycles. The van der Waals surface area contributed by atoms with E-state index in [0.29, 0.717) is 23.1 Å². The average Bonchev–Trinajstić information content (AvgIpc) is 3.16. The summed E-state index contributed by atoms with van der Waals surface area (Å²) in [4.78, 5) is 28.3. The zero-order valence-corrected chi connectivity index (χ0v) is 19.9. The minimum absolute atomic E-state index is 0.0348. The minimum atomic E-state index is -4.23. The van der Waals surface area contributed by atoms with Crippen molar-refractivity contribution >= 4 is 27.6 Å². The lowest BCUT2D eigenvalue weighted by Gasteiger charge is -2.29. The number of hydrogen-bond acceptors (Lipinski definition) is 9. The van der Waals surface area contributed by atoms with Gasteiger partial charge in [-0.2, -0.15) is 8.42 Å². The second kappa shape index (κ2) is 9.26. The van der Waals surface area contributed by atoms with Crippen LogP contribution in [0, 0.1) is 0 Å². The molecular formula is C23H26N6O4S. The highest BCUT2D eigenvalue weighted by Gasteiger charge is 2.33. The number of nitrogens with one attached hydrogen (secondary N) is 1. The van der Waals surface area contributed by atoms with Crippen LogP contribution in [0.5, 0.6) is 5.88 Å². The van der Waals surface area contributed by atoms with E-state index in [4.69, 9.17) is 15.5 Å². The van der Waals surface area contributed by atoms with Gasteiger partial charge < -0.3 is 15.4 Å². The molecule has 0 unspecified atom stereocenters. The predicted octanol–water partition coefficient (Wildman–Crippen LogP) is 2.63. The largest absolute Gasteiger partial charge is 0.481 e. The third-order valence-electron chi connectivity index (χ3n) is 5.76. The summed E-state index contributed by atoms with van der Waals surface area (Å²) in [6.07, 6.45) is 1.86. The average molecular weight is 483 g/mol. The van der Waals surface area contributed by atoms with Gasteiger partial charge in [-0.3, -0.25) is 4.79 Å². The van der Waals surface area contributed by atoms with Crippen molar-refractivity contribution in [1.82, 2.24) is 19.7 Å². The van der Waals surface area contributed by atoms with Crippen LogP contribution < -0.4 is 20.1 Å². The van der Waals surface area contributed by atoms with Gasteiger partial charge in [0.25, 0.3) is 15.9 Å². The smallest absolute Gasteiger partial charge is 0.281 e. The van der Waals surface area contributed by atoms with Crippen LogP contribution in [0.25, 0.3) is 11.4 Å².